The first-order valence-corrected chi connectivity index (χ1v) is 8.58. The van der Waals surface area contributed by atoms with Crippen LogP contribution in [0, 0.1) is 19.7 Å². The van der Waals surface area contributed by atoms with Crippen molar-refractivity contribution in [1.29, 1.82) is 0 Å². The molecular weight excluding hydrogens is 378 g/mol. The normalized spacial score (nSPS) is 11.0. The Bertz CT molecular complexity index is 846. The van der Waals surface area contributed by atoms with Crippen LogP contribution in [0.2, 0.25) is 15.2 Å². The van der Waals surface area contributed by atoms with Crippen molar-refractivity contribution in [1.82, 2.24) is 9.97 Å². The third kappa shape index (κ3) is 3.09. The second-order valence-electron chi connectivity index (χ2n) is 4.91. The molecular formula is C16H10Cl3FN2S. The molecule has 0 amide bonds. The van der Waals surface area contributed by atoms with Gasteiger partial charge in [0.1, 0.15) is 21.7 Å². The molecule has 0 spiro atoms. The summed E-state index contributed by atoms with van der Waals surface area (Å²) in [7, 11) is 0. The summed E-state index contributed by atoms with van der Waals surface area (Å²) >= 11 is 20.2. The van der Waals surface area contributed by atoms with E-state index >= 15 is 0 Å². The molecule has 0 fully saturated rings. The van der Waals surface area contributed by atoms with Crippen LogP contribution >= 0.6 is 46.1 Å². The van der Waals surface area contributed by atoms with Crippen LogP contribution in [0.15, 0.2) is 24.3 Å². The molecule has 0 saturated carbocycles. The maximum Gasteiger partial charge on any atom is 0.142 e. The van der Waals surface area contributed by atoms with Crippen molar-refractivity contribution in [2.24, 2.45) is 0 Å². The van der Waals surface area contributed by atoms with E-state index in [2.05, 4.69) is 9.97 Å². The van der Waals surface area contributed by atoms with Gasteiger partial charge >= 0.3 is 0 Å². The maximum absolute atomic E-state index is 14.1. The topological polar surface area (TPSA) is 25.8 Å². The van der Waals surface area contributed by atoms with E-state index in [1.807, 2.05) is 13.8 Å². The van der Waals surface area contributed by atoms with E-state index in [0.29, 0.717) is 5.69 Å². The average molecular weight is 388 g/mol. The molecule has 0 N–H and O–H groups in total. The van der Waals surface area contributed by atoms with E-state index < -0.39 is 5.82 Å². The Balaban J connectivity index is 2.19. The summed E-state index contributed by atoms with van der Waals surface area (Å²) in [6, 6.07) is 6.03. The summed E-state index contributed by atoms with van der Waals surface area (Å²) in [5.41, 5.74) is 1.91. The molecule has 0 radical (unpaired) electrons. The molecule has 0 atom stereocenters. The van der Waals surface area contributed by atoms with E-state index in [1.54, 1.807) is 12.1 Å². The summed E-state index contributed by atoms with van der Waals surface area (Å²) < 4.78 is 14.1. The molecule has 0 aliphatic heterocycles. The first-order chi connectivity index (χ1) is 10.9. The number of hydrogen-bond acceptors (Lipinski definition) is 3. The lowest BCUT2D eigenvalue weighted by molar-refractivity contribution is 0.631. The van der Waals surface area contributed by atoms with E-state index in [1.165, 1.54) is 23.5 Å². The van der Waals surface area contributed by atoms with Crippen LogP contribution in [-0.2, 0) is 0 Å². The van der Waals surface area contributed by atoms with E-state index in [9.17, 15) is 4.39 Å². The lowest BCUT2D eigenvalue weighted by Crippen LogP contribution is -1.93. The Morgan fingerprint density at radius 1 is 1.00 bits per heavy atom. The summed E-state index contributed by atoms with van der Waals surface area (Å²) in [4.78, 5) is 9.85. The summed E-state index contributed by atoms with van der Waals surface area (Å²) in [5.74, 6) is -0.503. The van der Waals surface area contributed by atoms with Crippen LogP contribution in [0.4, 0.5) is 4.39 Å². The highest BCUT2D eigenvalue weighted by atomic mass is 35.5. The SMILES string of the molecule is Cc1nc(-c2cc(Cl)c(-c3c(F)cccc3Cl)c(Cl)n2)sc1C. The monoisotopic (exact) mass is 386 g/mol. The van der Waals surface area contributed by atoms with Gasteiger partial charge in [-0.2, -0.15) is 0 Å². The molecule has 0 saturated heterocycles. The standard InChI is InChI=1S/C16H10Cl3FN2S/c1-7-8(2)23-16(21-7)12-6-10(18)14(15(19)22-12)13-9(17)4-3-5-11(13)20/h3-6H,1-2H3. The highest BCUT2D eigenvalue weighted by Gasteiger charge is 2.20. The Kier molecular flexibility index (Phi) is 4.61. The average Bonchev–Trinajstić information content (AvgIpc) is 2.81. The number of pyridine rings is 1. The molecule has 2 nitrogen and oxygen atoms in total. The minimum atomic E-state index is -0.503. The fraction of sp³-hybridized carbons (Fsp3) is 0.125. The van der Waals surface area contributed by atoms with Gasteiger partial charge in [0, 0.05) is 16.0 Å². The van der Waals surface area contributed by atoms with Crippen LogP contribution in [0.5, 0.6) is 0 Å². The molecule has 0 unspecified atom stereocenters. The predicted molar refractivity (Wildman–Crippen MR) is 95.2 cm³/mol. The lowest BCUT2D eigenvalue weighted by Gasteiger charge is -2.11. The summed E-state index contributed by atoms with van der Waals surface area (Å²) in [6.45, 7) is 3.90. The molecule has 0 bridgehead atoms. The van der Waals surface area contributed by atoms with Crippen LogP contribution in [0.25, 0.3) is 21.8 Å². The molecule has 2 heterocycles. The van der Waals surface area contributed by atoms with Crippen molar-refractivity contribution in [3.8, 4) is 21.8 Å². The molecule has 118 valence electrons. The zero-order valence-electron chi connectivity index (χ0n) is 12.1. The van der Waals surface area contributed by atoms with Crippen LogP contribution in [0.3, 0.4) is 0 Å². The largest absolute Gasteiger partial charge is 0.239 e. The van der Waals surface area contributed by atoms with Crippen molar-refractivity contribution < 1.29 is 4.39 Å². The van der Waals surface area contributed by atoms with Crippen molar-refractivity contribution in [3.63, 3.8) is 0 Å². The first kappa shape index (κ1) is 16.7. The van der Waals surface area contributed by atoms with Gasteiger partial charge in [-0.1, -0.05) is 40.9 Å². The smallest absolute Gasteiger partial charge is 0.142 e. The molecule has 2 aromatic heterocycles. The highest BCUT2D eigenvalue weighted by Crippen LogP contribution is 2.41. The van der Waals surface area contributed by atoms with Crippen LogP contribution in [-0.4, -0.2) is 9.97 Å². The third-order valence-corrected chi connectivity index (χ3v) is 5.37. The minimum Gasteiger partial charge on any atom is -0.239 e. The van der Waals surface area contributed by atoms with Gasteiger partial charge in [0.25, 0.3) is 0 Å². The van der Waals surface area contributed by atoms with Crippen molar-refractivity contribution in [2.45, 2.75) is 13.8 Å². The van der Waals surface area contributed by atoms with Crippen molar-refractivity contribution in [2.75, 3.05) is 0 Å². The molecule has 1 aromatic carbocycles. The Labute approximate surface area is 151 Å². The number of thiazole rings is 1. The fourth-order valence-corrected chi connectivity index (χ4v) is 3.89. The highest BCUT2D eigenvalue weighted by molar-refractivity contribution is 7.15. The molecule has 7 heteroatoms. The summed E-state index contributed by atoms with van der Waals surface area (Å²) in [5, 5.41) is 1.31. The molecule has 0 aliphatic carbocycles. The minimum absolute atomic E-state index is 0.0880. The van der Waals surface area contributed by atoms with E-state index in [-0.39, 0.29) is 26.3 Å². The summed E-state index contributed by atoms with van der Waals surface area (Å²) in [6.07, 6.45) is 0. The van der Waals surface area contributed by atoms with E-state index in [0.717, 1.165) is 15.6 Å². The predicted octanol–water partition coefficient (Wildman–Crippen LogP) is 6.59. The number of benzene rings is 1. The van der Waals surface area contributed by atoms with Crippen molar-refractivity contribution in [3.05, 3.63) is 55.9 Å². The van der Waals surface area contributed by atoms with Gasteiger partial charge < -0.3 is 0 Å². The third-order valence-electron chi connectivity index (χ3n) is 3.39. The Hall–Kier alpha value is -1.20. The molecule has 23 heavy (non-hydrogen) atoms. The Morgan fingerprint density at radius 3 is 2.30 bits per heavy atom. The first-order valence-electron chi connectivity index (χ1n) is 6.63. The zero-order chi connectivity index (χ0) is 16.7. The van der Waals surface area contributed by atoms with Crippen LogP contribution < -0.4 is 0 Å². The molecule has 3 aromatic rings. The number of hydrogen-bond donors (Lipinski definition) is 0. The maximum atomic E-state index is 14.1. The van der Waals surface area contributed by atoms with Crippen molar-refractivity contribution >= 4 is 46.1 Å². The number of aryl methyl sites for hydroxylation is 2. The zero-order valence-corrected chi connectivity index (χ0v) is 15.2. The second-order valence-corrected chi connectivity index (χ2v) is 7.29. The molecule has 3 rings (SSSR count). The van der Waals surface area contributed by atoms with Gasteiger partial charge in [-0.3, -0.25) is 0 Å². The van der Waals surface area contributed by atoms with Gasteiger partial charge in [-0.05, 0) is 32.0 Å². The fourth-order valence-electron chi connectivity index (χ4n) is 2.14. The van der Waals surface area contributed by atoms with E-state index in [4.69, 9.17) is 34.8 Å². The quantitative estimate of drug-likeness (QED) is 0.464. The van der Waals surface area contributed by atoms with Gasteiger partial charge in [0.2, 0.25) is 0 Å². The Morgan fingerprint density at radius 2 is 1.74 bits per heavy atom. The van der Waals surface area contributed by atoms with Gasteiger partial charge in [-0.15, -0.1) is 11.3 Å². The number of nitrogens with zero attached hydrogens (tertiary/aromatic N) is 2. The molecule has 0 aliphatic rings. The van der Waals surface area contributed by atoms with Gasteiger partial charge in [0.15, 0.2) is 0 Å². The lowest BCUT2D eigenvalue weighted by atomic mass is 10.1. The number of halogens is 4. The van der Waals surface area contributed by atoms with Gasteiger partial charge in [0.05, 0.1) is 15.7 Å². The second kappa shape index (κ2) is 6.36. The number of rotatable bonds is 2. The van der Waals surface area contributed by atoms with Crippen LogP contribution in [0.1, 0.15) is 10.6 Å². The number of aromatic nitrogens is 2. The van der Waals surface area contributed by atoms with Gasteiger partial charge in [-0.25, -0.2) is 14.4 Å².